The average molecular weight is 356 g/mol. The summed E-state index contributed by atoms with van der Waals surface area (Å²) in [7, 11) is 0. The lowest BCUT2D eigenvalue weighted by molar-refractivity contribution is -0.118. The molecule has 0 bridgehead atoms. The SMILES string of the molecule is Nc1cc(Br)ccc1NC(=O)COc1cccc(Cl)c1. The second-order valence-electron chi connectivity index (χ2n) is 4.03. The summed E-state index contributed by atoms with van der Waals surface area (Å²) in [5.74, 6) is 0.246. The molecule has 0 unspecified atom stereocenters. The van der Waals surface area contributed by atoms with E-state index in [0.29, 0.717) is 22.1 Å². The van der Waals surface area contributed by atoms with Gasteiger partial charge in [-0.3, -0.25) is 4.79 Å². The number of nitrogen functional groups attached to an aromatic ring is 1. The van der Waals surface area contributed by atoms with Gasteiger partial charge in [0.2, 0.25) is 0 Å². The first-order valence-electron chi connectivity index (χ1n) is 5.78. The van der Waals surface area contributed by atoms with E-state index in [1.54, 1.807) is 42.5 Å². The molecule has 0 radical (unpaired) electrons. The van der Waals surface area contributed by atoms with Gasteiger partial charge in [-0.2, -0.15) is 0 Å². The van der Waals surface area contributed by atoms with Crippen molar-refractivity contribution in [2.24, 2.45) is 0 Å². The molecule has 2 aromatic rings. The standard InChI is InChI=1S/C14H12BrClN2O2/c15-9-4-5-13(12(17)6-9)18-14(19)8-20-11-3-1-2-10(16)7-11/h1-7H,8,17H2,(H,18,19). The Morgan fingerprint density at radius 3 is 2.80 bits per heavy atom. The molecule has 104 valence electrons. The van der Waals surface area contributed by atoms with Gasteiger partial charge >= 0.3 is 0 Å². The summed E-state index contributed by atoms with van der Waals surface area (Å²) in [6.07, 6.45) is 0. The van der Waals surface area contributed by atoms with Crippen molar-refractivity contribution in [3.63, 3.8) is 0 Å². The molecule has 1 amide bonds. The molecule has 20 heavy (non-hydrogen) atoms. The van der Waals surface area contributed by atoms with E-state index in [9.17, 15) is 4.79 Å². The molecule has 4 nitrogen and oxygen atoms in total. The first-order chi connectivity index (χ1) is 9.54. The summed E-state index contributed by atoms with van der Waals surface area (Å²) < 4.78 is 6.19. The predicted molar refractivity (Wildman–Crippen MR) is 84.1 cm³/mol. The molecular formula is C14H12BrClN2O2. The van der Waals surface area contributed by atoms with E-state index >= 15 is 0 Å². The van der Waals surface area contributed by atoms with Crippen LogP contribution in [0.5, 0.6) is 5.75 Å². The molecule has 0 aliphatic carbocycles. The third-order valence-corrected chi connectivity index (χ3v) is 3.18. The quantitative estimate of drug-likeness (QED) is 0.822. The van der Waals surface area contributed by atoms with Crippen LogP contribution in [0.15, 0.2) is 46.9 Å². The summed E-state index contributed by atoms with van der Waals surface area (Å²) in [6, 6.07) is 12.1. The molecule has 0 saturated carbocycles. The van der Waals surface area contributed by atoms with Crippen LogP contribution in [0, 0.1) is 0 Å². The Hall–Kier alpha value is -1.72. The number of ether oxygens (including phenoxy) is 1. The van der Waals surface area contributed by atoms with E-state index < -0.39 is 0 Å². The second-order valence-corrected chi connectivity index (χ2v) is 5.38. The molecule has 0 aliphatic rings. The van der Waals surface area contributed by atoms with Crippen molar-refractivity contribution in [2.45, 2.75) is 0 Å². The first kappa shape index (κ1) is 14.7. The van der Waals surface area contributed by atoms with Gasteiger partial charge in [0.1, 0.15) is 5.75 Å². The largest absolute Gasteiger partial charge is 0.484 e. The molecule has 3 N–H and O–H groups in total. The van der Waals surface area contributed by atoms with Gasteiger partial charge in [0.25, 0.3) is 5.91 Å². The zero-order chi connectivity index (χ0) is 14.5. The Labute approximate surface area is 130 Å². The van der Waals surface area contributed by atoms with Crippen molar-refractivity contribution in [1.29, 1.82) is 0 Å². The van der Waals surface area contributed by atoms with Crippen molar-refractivity contribution in [2.75, 3.05) is 17.7 Å². The number of nitrogens with one attached hydrogen (secondary N) is 1. The van der Waals surface area contributed by atoms with Crippen molar-refractivity contribution >= 4 is 44.8 Å². The number of hydrogen-bond donors (Lipinski definition) is 2. The molecule has 2 aromatic carbocycles. The molecule has 0 saturated heterocycles. The highest BCUT2D eigenvalue weighted by atomic mass is 79.9. The molecule has 0 heterocycles. The monoisotopic (exact) mass is 354 g/mol. The van der Waals surface area contributed by atoms with Crippen LogP contribution in [0.2, 0.25) is 5.02 Å². The van der Waals surface area contributed by atoms with Crippen LogP contribution in [-0.2, 0) is 4.79 Å². The number of rotatable bonds is 4. The zero-order valence-corrected chi connectivity index (χ0v) is 12.7. The van der Waals surface area contributed by atoms with Gasteiger partial charge in [0.15, 0.2) is 6.61 Å². The van der Waals surface area contributed by atoms with E-state index in [-0.39, 0.29) is 12.5 Å². The highest BCUT2D eigenvalue weighted by Gasteiger charge is 2.06. The maximum absolute atomic E-state index is 11.8. The van der Waals surface area contributed by atoms with Gasteiger partial charge in [0.05, 0.1) is 11.4 Å². The Morgan fingerprint density at radius 1 is 1.30 bits per heavy atom. The normalized spacial score (nSPS) is 10.1. The van der Waals surface area contributed by atoms with Crippen molar-refractivity contribution in [3.05, 3.63) is 52.0 Å². The van der Waals surface area contributed by atoms with Gasteiger partial charge in [-0.05, 0) is 36.4 Å². The van der Waals surface area contributed by atoms with Crippen molar-refractivity contribution in [3.8, 4) is 5.75 Å². The second kappa shape index (κ2) is 6.63. The number of hydrogen-bond acceptors (Lipinski definition) is 3. The summed E-state index contributed by atoms with van der Waals surface area (Å²) in [6.45, 7) is -0.115. The van der Waals surface area contributed by atoms with Gasteiger partial charge in [0, 0.05) is 9.50 Å². The summed E-state index contributed by atoms with van der Waals surface area (Å²) in [4.78, 5) is 11.8. The minimum absolute atomic E-state index is 0.115. The Bertz CT molecular complexity index is 634. The lowest BCUT2D eigenvalue weighted by atomic mass is 10.2. The number of anilines is 2. The Kier molecular flexibility index (Phi) is 4.87. The maximum Gasteiger partial charge on any atom is 0.262 e. The van der Waals surface area contributed by atoms with Crippen LogP contribution in [0.3, 0.4) is 0 Å². The number of halogens is 2. The van der Waals surface area contributed by atoms with Crippen molar-refractivity contribution < 1.29 is 9.53 Å². The predicted octanol–water partition coefficient (Wildman–Crippen LogP) is 3.70. The third-order valence-electron chi connectivity index (χ3n) is 2.45. The Morgan fingerprint density at radius 2 is 2.10 bits per heavy atom. The lowest BCUT2D eigenvalue weighted by Gasteiger charge is -2.09. The molecule has 0 aliphatic heterocycles. The van der Waals surface area contributed by atoms with Gasteiger partial charge in [-0.25, -0.2) is 0 Å². The smallest absolute Gasteiger partial charge is 0.262 e. The highest BCUT2D eigenvalue weighted by molar-refractivity contribution is 9.10. The number of amides is 1. The first-order valence-corrected chi connectivity index (χ1v) is 6.95. The van der Waals surface area contributed by atoms with Crippen LogP contribution >= 0.6 is 27.5 Å². The van der Waals surface area contributed by atoms with E-state index in [2.05, 4.69) is 21.2 Å². The number of carbonyl (C=O) groups is 1. The zero-order valence-electron chi connectivity index (χ0n) is 10.4. The van der Waals surface area contributed by atoms with Crippen LogP contribution in [0.1, 0.15) is 0 Å². The van der Waals surface area contributed by atoms with E-state index in [0.717, 1.165) is 4.47 Å². The topological polar surface area (TPSA) is 64.3 Å². The van der Waals surface area contributed by atoms with Crippen LogP contribution in [0.4, 0.5) is 11.4 Å². The highest BCUT2D eigenvalue weighted by Crippen LogP contribution is 2.23. The van der Waals surface area contributed by atoms with Crippen LogP contribution in [-0.4, -0.2) is 12.5 Å². The fourth-order valence-electron chi connectivity index (χ4n) is 1.54. The number of benzene rings is 2. The maximum atomic E-state index is 11.8. The summed E-state index contributed by atoms with van der Waals surface area (Å²) in [5.41, 5.74) is 6.82. The number of nitrogens with two attached hydrogens (primary N) is 1. The third kappa shape index (κ3) is 4.15. The minimum Gasteiger partial charge on any atom is -0.484 e. The van der Waals surface area contributed by atoms with E-state index in [1.807, 2.05) is 0 Å². The fraction of sp³-hybridized carbons (Fsp3) is 0.0714. The lowest BCUT2D eigenvalue weighted by Crippen LogP contribution is -2.20. The minimum atomic E-state index is -0.293. The molecule has 0 atom stereocenters. The van der Waals surface area contributed by atoms with Crippen LogP contribution in [0.25, 0.3) is 0 Å². The van der Waals surface area contributed by atoms with Gasteiger partial charge < -0.3 is 15.8 Å². The van der Waals surface area contributed by atoms with Crippen molar-refractivity contribution in [1.82, 2.24) is 0 Å². The molecule has 6 heteroatoms. The van der Waals surface area contributed by atoms with Gasteiger partial charge in [-0.1, -0.05) is 33.6 Å². The van der Waals surface area contributed by atoms with Gasteiger partial charge in [-0.15, -0.1) is 0 Å². The summed E-state index contributed by atoms with van der Waals surface area (Å²) >= 11 is 9.12. The number of carbonyl (C=O) groups excluding carboxylic acids is 1. The molecule has 2 rings (SSSR count). The molecule has 0 fully saturated rings. The fourth-order valence-corrected chi connectivity index (χ4v) is 2.10. The molecular weight excluding hydrogens is 344 g/mol. The average Bonchev–Trinajstić information content (AvgIpc) is 2.40. The molecule has 0 aromatic heterocycles. The van der Waals surface area contributed by atoms with E-state index in [1.165, 1.54) is 0 Å². The summed E-state index contributed by atoms with van der Waals surface area (Å²) in [5, 5.41) is 3.24. The Balaban J connectivity index is 1.92. The molecule has 0 spiro atoms. The van der Waals surface area contributed by atoms with Crippen LogP contribution < -0.4 is 15.8 Å². The van der Waals surface area contributed by atoms with E-state index in [4.69, 9.17) is 22.1 Å².